The monoisotopic (exact) mass is 376 g/mol. The van der Waals surface area contributed by atoms with Crippen LogP contribution in [0.25, 0.3) is 0 Å². The van der Waals surface area contributed by atoms with Crippen LogP contribution in [0.5, 0.6) is 0 Å². The topological polar surface area (TPSA) is 172 Å². The van der Waals surface area contributed by atoms with Crippen LogP contribution in [0.4, 0.5) is 11.6 Å². The first-order valence-electron chi connectivity index (χ1n) is 7.41. The van der Waals surface area contributed by atoms with Gasteiger partial charge in [-0.1, -0.05) is 41.9 Å². The Balaban J connectivity index is 2.06. The molecule has 0 unspecified atom stereocenters. The SMILES string of the molecule is N=C(NC(=O)CN)NC(=O)c1nc(Cl)c(NCc2ccccc2)nc1N. The van der Waals surface area contributed by atoms with Crippen LogP contribution in [0.2, 0.25) is 5.15 Å². The fourth-order valence-electron chi connectivity index (χ4n) is 1.88. The van der Waals surface area contributed by atoms with Gasteiger partial charge in [0.1, 0.15) is 0 Å². The standard InChI is InChI=1S/C15H17ClN8O2/c16-11-13(20-7-8-4-2-1-3-5-8)23-12(18)10(22-11)14(26)24-15(19)21-9(25)6-17/h1-5H,6-7,17H2,(H3,18,20,23)(H3,19,21,24,25,26). The molecule has 0 saturated carbocycles. The third-order valence-corrected chi connectivity index (χ3v) is 3.35. The minimum Gasteiger partial charge on any atom is -0.382 e. The van der Waals surface area contributed by atoms with Crippen molar-refractivity contribution in [2.24, 2.45) is 5.73 Å². The van der Waals surface area contributed by atoms with Crippen LogP contribution < -0.4 is 27.4 Å². The molecule has 0 aliphatic heterocycles. The number of amides is 2. The summed E-state index contributed by atoms with van der Waals surface area (Å²) in [7, 11) is 0. The molecule has 0 spiro atoms. The number of nitrogens with two attached hydrogens (primary N) is 2. The summed E-state index contributed by atoms with van der Waals surface area (Å²) in [6.07, 6.45) is 0. The quantitative estimate of drug-likeness (QED) is 0.316. The van der Waals surface area contributed by atoms with Gasteiger partial charge in [0, 0.05) is 6.54 Å². The number of benzene rings is 1. The summed E-state index contributed by atoms with van der Waals surface area (Å²) in [5, 5.41) is 14.6. The van der Waals surface area contributed by atoms with Crippen molar-refractivity contribution >= 4 is 41.0 Å². The third-order valence-electron chi connectivity index (χ3n) is 3.09. The number of nitrogens with one attached hydrogen (secondary N) is 4. The van der Waals surface area contributed by atoms with Crippen LogP contribution in [-0.2, 0) is 11.3 Å². The Morgan fingerprint density at radius 1 is 1.15 bits per heavy atom. The third kappa shape index (κ3) is 5.13. The van der Waals surface area contributed by atoms with Gasteiger partial charge in [0.15, 0.2) is 22.5 Å². The maximum Gasteiger partial charge on any atom is 0.280 e. The summed E-state index contributed by atoms with van der Waals surface area (Å²) in [5.74, 6) is -1.99. The number of rotatable bonds is 5. The highest BCUT2D eigenvalue weighted by molar-refractivity contribution is 6.32. The van der Waals surface area contributed by atoms with E-state index in [0.29, 0.717) is 6.54 Å². The lowest BCUT2D eigenvalue weighted by Gasteiger charge is -2.11. The molecule has 0 atom stereocenters. The summed E-state index contributed by atoms with van der Waals surface area (Å²) in [6, 6.07) is 9.52. The molecule has 0 fully saturated rings. The van der Waals surface area contributed by atoms with Crippen molar-refractivity contribution in [2.75, 3.05) is 17.6 Å². The maximum absolute atomic E-state index is 12.1. The van der Waals surface area contributed by atoms with Crippen molar-refractivity contribution < 1.29 is 9.59 Å². The lowest BCUT2D eigenvalue weighted by molar-refractivity contribution is -0.118. The Morgan fingerprint density at radius 3 is 2.50 bits per heavy atom. The van der Waals surface area contributed by atoms with E-state index >= 15 is 0 Å². The van der Waals surface area contributed by atoms with Gasteiger partial charge in [-0.15, -0.1) is 0 Å². The number of nitrogens with zero attached hydrogens (tertiary/aromatic N) is 2. The summed E-state index contributed by atoms with van der Waals surface area (Å²) in [6.45, 7) is 0.115. The van der Waals surface area contributed by atoms with Crippen molar-refractivity contribution in [1.29, 1.82) is 5.41 Å². The van der Waals surface area contributed by atoms with E-state index in [-0.39, 0.29) is 29.0 Å². The Labute approximate surface area is 153 Å². The van der Waals surface area contributed by atoms with Gasteiger partial charge in [-0.3, -0.25) is 25.6 Å². The molecule has 2 aromatic rings. The highest BCUT2D eigenvalue weighted by Gasteiger charge is 2.18. The van der Waals surface area contributed by atoms with E-state index in [1.165, 1.54) is 0 Å². The number of carbonyl (C=O) groups excluding carboxylic acids is 2. The maximum atomic E-state index is 12.1. The molecule has 11 heteroatoms. The molecule has 0 radical (unpaired) electrons. The van der Waals surface area contributed by atoms with Crippen LogP contribution in [-0.4, -0.2) is 34.3 Å². The number of hydrogen-bond donors (Lipinski definition) is 6. The van der Waals surface area contributed by atoms with Gasteiger partial charge < -0.3 is 16.8 Å². The molecule has 1 heterocycles. The number of carbonyl (C=O) groups is 2. The zero-order valence-corrected chi connectivity index (χ0v) is 14.3. The van der Waals surface area contributed by atoms with Gasteiger partial charge in [-0.05, 0) is 5.56 Å². The molecule has 2 rings (SSSR count). The fraction of sp³-hybridized carbons (Fsp3) is 0.133. The van der Waals surface area contributed by atoms with Gasteiger partial charge in [0.2, 0.25) is 11.9 Å². The molecule has 0 aliphatic rings. The van der Waals surface area contributed by atoms with Crippen LogP contribution in [0, 0.1) is 5.41 Å². The number of halogens is 1. The van der Waals surface area contributed by atoms with E-state index in [9.17, 15) is 9.59 Å². The van der Waals surface area contributed by atoms with Crippen molar-refractivity contribution in [3.63, 3.8) is 0 Å². The number of anilines is 2. The summed E-state index contributed by atoms with van der Waals surface area (Å²) >= 11 is 6.04. The Morgan fingerprint density at radius 2 is 1.85 bits per heavy atom. The van der Waals surface area contributed by atoms with Crippen LogP contribution in [0.3, 0.4) is 0 Å². The van der Waals surface area contributed by atoms with Gasteiger partial charge >= 0.3 is 0 Å². The fourth-order valence-corrected chi connectivity index (χ4v) is 2.08. The molecule has 1 aromatic carbocycles. The van der Waals surface area contributed by atoms with Gasteiger partial charge in [0.05, 0.1) is 6.54 Å². The average molecular weight is 377 g/mol. The smallest absolute Gasteiger partial charge is 0.280 e. The lowest BCUT2D eigenvalue weighted by atomic mass is 10.2. The number of guanidine groups is 1. The minimum absolute atomic E-state index is 0.0576. The largest absolute Gasteiger partial charge is 0.382 e. The minimum atomic E-state index is -0.839. The molecule has 0 saturated heterocycles. The van der Waals surface area contributed by atoms with Crippen LogP contribution >= 0.6 is 11.6 Å². The van der Waals surface area contributed by atoms with Crippen molar-refractivity contribution in [1.82, 2.24) is 20.6 Å². The second-order valence-electron chi connectivity index (χ2n) is 5.02. The predicted molar refractivity (Wildman–Crippen MR) is 97.6 cm³/mol. The first-order chi connectivity index (χ1) is 12.4. The van der Waals surface area contributed by atoms with E-state index in [1.54, 1.807) is 0 Å². The average Bonchev–Trinajstić information content (AvgIpc) is 2.62. The molecule has 0 aliphatic carbocycles. The van der Waals surface area contributed by atoms with E-state index in [2.05, 4.69) is 25.9 Å². The Bertz CT molecular complexity index is 828. The van der Waals surface area contributed by atoms with Gasteiger partial charge in [-0.2, -0.15) is 0 Å². The molecule has 8 N–H and O–H groups in total. The van der Waals surface area contributed by atoms with E-state index in [0.717, 1.165) is 5.56 Å². The van der Waals surface area contributed by atoms with Gasteiger partial charge in [-0.25, -0.2) is 9.97 Å². The first-order valence-corrected chi connectivity index (χ1v) is 7.79. The normalized spacial score (nSPS) is 10.1. The molecule has 26 heavy (non-hydrogen) atoms. The van der Waals surface area contributed by atoms with E-state index in [1.807, 2.05) is 30.3 Å². The zero-order chi connectivity index (χ0) is 19.1. The highest BCUT2D eigenvalue weighted by atomic mass is 35.5. The van der Waals surface area contributed by atoms with Crippen LogP contribution in [0.1, 0.15) is 16.1 Å². The number of nitrogen functional groups attached to an aromatic ring is 1. The van der Waals surface area contributed by atoms with E-state index in [4.69, 9.17) is 28.5 Å². The first kappa shape index (κ1) is 19.1. The van der Waals surface area contributed by atoms with Crippen LogP contribution in [0.15, 0.2) is 30.3 Å². The Hall–Kier alpha value is -3.24. The summed E-state index contributed by atoms with van der Waals surface area (Å²) in [5.41, 5.74) is 11.6. The second kappa shape index (κ2) is 8.74. The number of aromatic nitrogens is 2. The van der Waals surface area contributed by atoms with Gasteiger partial charge in [0.25, 0.3) is 5.91 Å². The van der Waals surface area contributed by atoms with E-state index < -0.39 is 17.8 Å². The molecule has 10 nitrogen and oxygen atoms in total. The molecule has 0 bridgehead atoms. The molecular formula is C15H17ClN8O2. The predicted octanol–water partition coefficient (Wildman–Crippen LogP) is 0.0638. The Kier molecular flexibility index (Phi) is 6.42. The zero-order valence-electron chi connectivity index (χ0n) is 13.5. The molecule has 2 amide bonds. The highest BCUT2D eigenvalue weighted by Crippen LogP contribution is 2.21. The molecule has 1 aromatic heterocycles. The van der Waals surface area contributed by atoms with Crippen molar-refractivity contribution in [3.8, 4) is 0 Å². The molecule has 136 valence electrons. The molecular weight excluding hydrogens is 360 g/mol. The van der Waals surface area contributed by atoms with Crippen molar-refractivity contribution in [3.05, 3.63) is 46.7 Å². The second-order valence-corrected chi connectivity index (χ2v) is 5.38. The number of hydrogen-bond acceptors (Lipinski definition) is 8. The lowest BCUT2D eigenvalue weighted by Crippen LogP contribution is -2.45. The summed E-state index contributed by atoms with van der Waals surface area (Å²) < 4.78 is 0. The summed E-state index contributed by atoms with van der Waals surface area (Å²) in [4.78, 5) is 31.1. The van der Waals surface area contributed by atoms with Crippen molar-refractivity contribution in [2.45, 2.75) is 6.54 Å².